The Balaban J connectivity index is 1.58. The predicted molar refractivity (Wildman–Crippen MR) is 130 cm³/mol. The van der Waals surface area contributed by atoms with Crippen LogP contribution in [0.25, 0.3) is 0 Å². The van der Waals surface area contributed by atoms with Crippen LogP contribution in [0.1, 0.15) is 50.9 Å². The van der Waals surface area contributed by atoms with Gasteiger partial charge in [-0.05, 0) is 62.9 Å². The molecule has 1 aromatic heterocycles. The first-order valence-electron chi connectivity index (χ1n) is 12.0. The van der Waals surface area contributed by atoms with E-state index >= 15 is 0 Å². The number of hydrogen-bond acceptors (Lipinski definition) is 5. The van der Waals surface area contributed by atoms with Crippen LogP contribution in [-0.2, 0) is 4.79 Å². The smallest absolute Gasteiger partial charge is 0.224 e. The molecule has 4 atom stereocenters. The molecule has 1 saturated carbocycles. The summed E-state index contributed by atoms with van der Waals surface area (Å²) in [5, 5.41) is 7.29. The maximum Gasteiger partial charge on any atom is 0.224 e. The second-order valence-electron chi connectivity index (χ2n) is 9.91. The maximum atomic E-state index is 12.9. The van der Waals surface area contributed by atoms with Crippen LogP contribution in [-0.4, -0.2) is 42.6 Å². The summed E-state index contributed by atoms with van der Waals surface area (Å²) in [7, 11) is 0. The average Bonchev–Trinajstić information content (AvgIpc) is 3.60. The second kappa shape index (κ2) is 8.39. The number of carbonyl (C=O) groups is 1. The second-order valence-corrected chi connectivity index (χ2v) is 9.91. The third kappa shape index (κ3) is 3.96. The highest BCUT2D eigenvalue weighted by molar-refractivity contribution is 5.94. The molecule has 0 spiro atoms. The Morgan fingerprint density at radius 3 is 2.69 bits per heavy atom. The fourth-order valence-electron chi connectivity index (χ4n) is 5.70. The predicted octanol–water partition coefficient (Wildman–Crippen LogP) is 4.12. The van der Waals surface area contributed by atoms with Crippen molar-refractivity contribution in [2.45, 2.75) is 58.7 Å². The molecule has 1 saturated heterocycles. The molecule has 5 rings (SSSR count). The summed E-state index contributed by atoms with van der Waals surface area (Å²) < 4.78 is 0. The van der Waals surface area contributed by atoms with Gasteiger partial charge in [0.1, 0.15) is 5.82 Å². The van der Waals surface area contributed by atoms with Gasteiger partial charge in [0.05, 0.1) is 6.04 Å². The van der Waals surface area contributed by atoms with Crippen LogP contribution >= 0.6 is 0 Å². The summed E-state index contributed by atoms with van der Waals surface area (Å²) in [6, 6.07) is 13.6. The molecule has 3 aliphatic rings. The van der Waals surface area contributed by atoms with E-state index in [0.29, 0.717) is 17.9 Å². The molecule has 0 bridgehead atoms. The third-order valence-electron chi connectivity index (χ3n) is 7.34. The van der Waals surface area contributed by atoms with Gasteiger partial charge in [-0.25, -0.2) is 4.98 Å². The summed E-state index contributed by atoms with van der Waals surface area (Å²) in [5.41, 5.74) is 4.51. The Bertz CT molecular complexity index is 1000. The molecule has 2 N–H and O–H groups in total. The number of fused-ring (bicyclic) bond motifs is 1. The van der Waals surface area contributed by atoms with Crippen LogP contribution in [0.5, 0.6) is 0 Å². The van der Waals surface area contributed by atoms with Crippen molar-refractivity contribution in [1.82, 2.24) is 10.3 Å². The lowest BCUT2D eigenvalue weighted by Crippen LogP contribution is -2.51. The number of benzene rings is 1. The van der Waals surface area contributed by atoms with E-state index in [4.69, 9.17) is 4.98 Å². The SMILES string of the molecule is CC(=O)N1c2ccc(N3CCNC(C)C3)cc2C(Nc2cccc(C)n2)[C@@H](C)[C@@H]1C1CC1. The van der Waals surface area contributed by atoms with Gasteiger partial charge in [-0.15, -0.1) is 0 Å². The summed E-state index contributed by atoms with van der Waals surface area (Å²) >= 11 is 0. The topological polar surface area (TPSA) is 60.5 Å². The molecular weight excluding hydrogens is 398 g/mol. The molecule has 3 heterocycles. The van der Waals surface area contributed by atoms with Crippen molar-refractivity contribution in [2.24, 2.45) is 11.8 Å². The third-order valence-corrected chi connectivity index (χ3v) is 7.34. The van der Waals surface area contributed by atoms with Crippen molar-refractivity contribution in [1.29, 1.82) is 0 Å². The highest BCUT2D eigenvalue weighted by Gasteiger charge is 2.47. The Morgan fingerprint density at radius 1 is 1.19 bits per heavy atom. The number of piperazine rings is 1. The minimum atomic E-state index is 0.112. The normalized spacial score (nSPS) is 27.8. The molecule has 1 aromatic carbocycles. The molecule has 6 heteroatoms. The summed E-state index contributed by atoms with van der Waals surface area (Å²) in [4.78, 5) is 22.1. The summed E-state index contributed by atoms with van der Waals surface area (Å²) in [6.07, 6.45) is 2.42. The molecule has 1 aliphatic carbocycles. The number of carbonyl (C=O) groups excluding carboxylic acids is 1. The molecule has 170 valence electrons. The van der Waals surface area contributed by atoms with Crippen molar-refractivity contribution < 1.29 is 4.79 Å². The van der Waals surface area contributed by atoms with E-state index in [-0.39, 0.29) is 18.0 Å². The number of nitrogens with one attached hydrogen (secondary N) is 2. The van der Waals surface area contributed by atoms with Crippen molar-refractivity contribution >= 4 is 23.1 Å². The van der Waals surface area contributed by atoms with E-state index in [2.05, 4.69) is 58.5 Å². The van der Waals surface area contributed by atoms with E-state index in [1.807, 2.05) is 19.1 Å². The number of rotatable bonds is 4. The van der Waals surface area contributed by atoms with Crippen LogP contribution < -0.4 is 20.4 Å². The van der Waals surface area contributed by atoms with Gasteiger partial charge in [-0.1, -0.05) is 13.0 Å². The van der Waals surface area contributed by atoms with Gasteiger partial charge in [0.25, 0.3) is 0 Å². The van der Waals surface area contributed by atoms with E-state index in [9.17, 15) is 4.79 Å². The summed E-state index contributed by atoms with van der Waals surface area (Å²) in [6.45, 7) is 11.3. The van der Waals surface area contributed by atoms with Crippen molar-refractivity contribution in [3.05, 3.63) is 47.7 Å². The number of anilines is 3. The van der Waals surface area contributed by atoms with Crippen molar-refractivity contribution in [2.75, 3.05) is 34.8 Å². The van der Waals surface area contributed by atoms with Gasteiger partial charge in [0.2, 0.25) is 5.91 Å². The zero-order valence-electron chi connectivity index (χ0n) is 19.6. The van der Waals surface area contributed by atoms with Gasteiger partial charge in [-0.3, -0.25) is 4.79 Å². The molecule has 2 unspecified atom stereocenters. The number of aryl methyl sites for hydroxylation is 1. The number of aromatic nitrogens is 1. The molecule has 1 amide bonds. The molecule has 2 aromatic rings. The highest BCUT2D eigenvalue weighted by Crippen LogP contribution is 2.50. The quantitative estimate of drug-likeness (QED) is 0.760. The fraction of sp³-hybridized carbons (Fsp3) is 0.538. The first-order chi connectivity index (χ1) is 15.4. The molecule has 2 fully saturated rings. The van der Waals surface area contributed by atoms with Crippen molar-refractivity contribution in [3.8, 4) is 0 Å². The standard InChI is InChI=1S/C26H35N5O/c1-16-6-5-7-24(28-16)29-25-18(3)26(20-8-9-20)31(19(4)32)23-11-10-21(14-22(23)25)30-13-12-27-17(2)15-30/h5-7,10-11,14,17-18,20,25-27H,8-9,12-13,15H2,1-4H3,(H,28,29)/t17?,18-,25?,26-/m1/s1. The first kappa shape index (κ1) is 21.3. The minimum absolute atomic E-state index is 0.112. The lowest BCUT2D eigenvalue weighted by Gasteiger charge is -2.46. The lowest BCUT2D eigenvalue weighted by atomic mass is 9.79. The largest absolute Gasteiger partial charge is 0.369 e. The zero-order valence-corrected chi connectivity index (χ0v) is 19.6. The van der Waals surface area contributed by atoms with Crippen LogP contribution in [0.3, 0.4) is 0 Å². The van der Waals surface area contributed by atoms with E-state index < -0.39 is 0 Å². The summed E-state index contributed by atoms with van der Waals surface area (Å²) in [5.74, 6) is 1.93. The van der Waals surface area contributed by atoms with Gasteiger partial charge >= 0.3 is 0 Å². The lowest BCUT2D eigenvalue weighted by molar-refractivity contribution is -0.117. The number of amides is 1. The monoisotopic (exact) mass is 433 g/mol. The number of nitrogens with zero attached hydrogens (tertiary/aromatic N) is 3. The van der Waals surface area contributed by atoms with Gasteiger partial charge < -0.3 is 20.4 Å². The van der Waals surface area contributed by atoms with Crippen LogP contribution in [0.15, 0.2) is 36.4 Å². The van der Waals surface area contributed by atoms with Crippen LogP contribution in [0.4, 0.5) is 17.2 Å². The Kier molecular flexibility index (Phi) is 5.58. The van der Waals surface area contributed by atoms with Gasteiger partial charge in [-0.2, -0.15) is 0 Å². The Morgan fingerprint density at radius 2 is 2.00 bits per heavy atom. The maximum absolute atomic E-state index is 12.9. The van der Waals surface area contributed by atoms with Crippen LogP contribution in [0, 0.1) is 18.8 Å². The van der Waals surface area contributed by atoms with Gasteiger partial charge in [0.15, 0.2) is 0 Å². The van der Waals surface area contributed by atoms with E-state index in [0.717, 1.165) is 36.8 Å². The van der Waals surface area contributed by atoms with Gasteiger partial charge in [0, 0.05) is 67.2 Å². The zero-order chi connectivity index (χ0) is 22.4. The first-order valence-corrected chi connectivity index (χ1v) is 12.0. The minimum Gasteiger partial charge on any atom is -0.369 e. The molecular formula is C26H35N5O. The fourth-order valence-corrected chi connectivity index (χ4v) is 5.70. The number of pyridine rings is 1. The number of hydrogen-bond donors (Lipinski definition) is 2. The molecule has 6 nitrogen and oxygen atoms in total. The van der Waals surface area contributed by atoms with E-state index in [1.165, 1.54) is 24.1 Å². The highest BCUT2D eigenvalue weighted by atomic mass is 16.2. The van der Waals surface area contributed by atoms with Crippen molar-refractivity contribution in [3.63, 3.8) is 0 Å². The Labute approximate surface area is 191 Å². The average molecular weight is 434 g/mol. The van der Waals surface area contributed by atoms with Crippen LogP contribution in [0.2, 0.25) is 0 Å². The Hall–Kier alpha value is -2.60. The molecule has 0 radical (unpaired) electrons. The molecule has 32 heavy (non-hydrogen) atoms. The van der Waals surface area contributed by atoms with E-state index in [1.54, 1.807) is 6.92 Å². The molecule has 2 aliphatic heterocycles.